The standard InChI is InChI=1S/C10H10F2N2/c1-10(2)5-13-9-7(12)3-6(11)4-8(9)14-10/h3-5,14H,1-2H3. The Bertz CT molecular complexity index is 411. The zero-order chi connectivity index (χ0) is 10.3. The molecule has 1 N–H and O–H groups in total. The lowest BCUT2D eigenvalue weighted by atomic mass is 10.0. The minimum atomic E-state index is -0.640. The summed E-state index contributed by atoms with van der Waals surface area (Å²) in [5, 5.41) is 2.99. The van der Waals surface area contributed by atoms with Crippen LogP contribution in [0.1, 0.15) is 13.8 Å². The summed E-state index contributed by atoms with van der Waals surface area (Å²) < 4.78 is 26.1. The van der Waals surface area contributed by atoms with Crippen molar-refractivity contribution in [3.05, 3.63) is 23.8 Å². The molecule has 1 heterocycles. The second-order valence-electron chi connectivity index (χ2n) is 3.89. The van der Waals surface area contributed by atoms with Gasteiger partial charge in [-0.15, -0.1) is 0 Å². The van der Waals surface area contributed by atoms with Crippen LogP contribution in [0.25, 0.3) is 0 Å². The number of aliphatic imine (C=N–C) groups is 1. The molecule has 14 heavy (non-hydrogen) atoms. The van der Waals surface area contributed by atoms with Crippen molar-refractivity contribution in [2.24, 2.45) is 4.99 Å². The van der Waals surface area contributed by atoms with Gasteiger partial charge in [0.15, 0.2) is 5.82 Å². The molecule has 2 rings (SSSR count). The summed E-state index contributed by atoms with van der Waals surface area (Å²) in [6, 6.07) is 2.08. The average molecular weight is 196 g/mol. The van der Waals surface area contributed by atoms with Crippen LogP contribution in [0.2, 0.25) is 0 Å². The Hall–Kier alpha value is -1.45. The van der Waals surface area contributed by atoms with Gasteiger partial charge < -0.3 is 5.32 Å². The third kappa shape index (κ3) is 1.47. The number of fused-ring (bicyclic) bond motifs is 1. The van der Waals surface area contributed by atoms with Crippen molar-refractivity contribution < 1.29 is 8.78 Å². The van der Waals surface area contributed by atoms with E-state index in [1.165, 1.54) is 6.07 Å². The van der Waals surface area contributed by atoms with Gasteiger partial charge in [-0.1, -0.05) is 0 Å². The van der Waals surface area contributed by atoms with Crippen LogP contribution in [0.3, 0.4) is 0 Å². The monoisotopic (exact) mass is 196 g/mol. The molecule has 0 amide bonds. The summed E-state index contributed by atoms with van der Waals surface area (Å²) in [7, 11) is 0. The number of nitrogens with one attached hydrogen (secondary N) is 1. The van der Waals surface area contributed by atoms with E-state index >= 15 is 0 Å². The lowest BCUT2D eigenvalue weighted by molar-refractivity contribution is 0.583. The number of anilines is 1. The van der Waals surface area contributed by atoms with Crippen LogP contribution in [0.4, 0.5) is 20.2 Å². The summed E-state index contributed by atoms with van der Waals surface area (Å²) >= 11 is 0. The van der Waals surface area contributed by atoms with Crippen LogP contribution in [0.5, 0.6) is 0 Å². The van der Waals surface area contributed by atoms with Gasteiger partial charge in [0.2, 0.25) is 0 Å². The molecule has 1 aromatic carbocycles. The van der Waals surface area contributed by atoms with Crippen LogP contribution < -0.4 is 5.32 Å². The van der Waals surface area contributed by atoms with Gasteiger partial charge in [0.1, 0.15) is 11.5 Å². The van der Waals surface area contributed by atoms with Crippen molar-refractivity contribution >= 4 is 17.6 Å². The lowest BCUT2D eigenvalue weighted by Crippen LogP contribution is -2.34. The van der Waals surface area contributed by atoms with Gasteiger partial charge in [-0.25, -0.2) is 8.78 Å². The van der Waals surface area contributed by atoms with Crippen LogP contribution in [-0.4, -0.2) is 11.8 Å². The van der Waals surface area contributed by atoms with Crippen molar-refractivity contribution in [3.63, 3.8) is 0 Å². The second-order valence-corrected chi connectivity index (χ2v) is 3.89. The first kappa shape index (κ1) is 9.12. The number of hydrogen-bond acceptors (Lipinski definition) is 2. The van der Waals surface area contributed by atoms with Gasteiger partial charge in [0.25, 0.3) is 0 Å². The molecule has 0 spiro atoms. The Labute approximate surface area is 80.7 Å². The normalized spacial score (nSPS) is 17.4. The van der Waals surface area contributed by atoms with Crippen LogP contribution in [0, 0.1) is 11.6 Å². The smallest absolute Gasteiger partial charge is 0.153 e. The van der Waals surface area contributed by atoms with Gasteiger partial charge in [0, 0.05) is 12.3 Å². The van der Waals surface area contributed by atoms with E-state index in [1.807, 2.05) is 13.8 Å². The molecule has 1 aromatic rings. The molecule has 1 aliphatic rings. The Morgan fingerprint density at radius 1 is 1.29 bits per heavy atom. The Kier molecular flexibility index (Phi) is 1.80. The fraction of sp³-hybridized carbons (Fsp3) is 0.300. The molecular formula is C10H10F2N2. The van der Waals surface area contributed by atoms with Crippen molar-refractivity contribution in [1.82, 2.24) is 0 Å². The topological polar surface area (TPSA) is 24.4 Å². The third-order valence-electron chi connectivity index (χ3n) is 2.00. The van der Waals surface area contributed by atoms with Gasteiger partial charge in [-0.05, 0) is 19.9 Å². The lowest BCUT2D eigenvalue weighted by Gasteiger charge is -2.27. The Balaban J connectivity index is 2.56. The fourth-order valence-electron chi connectivity index (χ4n) is 1.40. The van der Waals surface area contributed by atoms with Crippen molar-refractivity contribution in [2.75, 3.05) is 5.32 Å². The van der Waals surface area contributed by atoms with Gasteiger partial charge in [-0.3, -0.25) is 4.99 Å². The summed E-state index contributed by atoms with van der Waals surface area (Å²) in [5.74, 6) is -1.24. The minimum absolute atomic E-state index is 0.172. The molecule has 0 aliphatic carbocycles. The van der Waals surface area contributed by atoms with E-state index in [2.05, 4.69) is 10.3 Å². The molecule has 0 bridgehead atoms. The number of rotatable bonds is 0. The molecule has 4 heteroatoms. The number of nitrogens with zero attached hydrogens (tertiary/aromatic N) is 1. The summed E-state index contributed by atoms with van der Waals surface area (Å²) in [6.45, 7) is 3.75. The van der Waals surface area contributed by atoms with Gasteiger partial charge >= 0.3 is 0 Å². The highest BCUT2D eigenvalue weighted by molar-refractivity contribution is 5.86. The molecule has 0 saturated heterocycles. The Morgan fingerprint density at radius 3 is 2.71 bits per heavy atom. The van der Waals surface area contributed by atoms with Gasteiger partial charge in [0.05, 0.1) is 11.2 Å². The van der Waals surface area contributed by atoms with Crippen LogP contribution in [0.15, 0.2) is 17.1 Å². The molecule has 0 atom stereocenters. The van der Waals surface area contributed by atoms with Gasteiger partial charge in [-0.2, -0.15) is 0 Å². The predicted molar refractivity (Wildman–Crippen MR) is 52.2 cm³/mol. The SMILES string of the molecule is CC1(C)C=Nc2c(F)cc(F)cc2N1. The quantitative estimate of drug-likeness (QED) is 0.677. The summed E-state index contributed by atoms with van der Waals surface area (Å²) in [6.07, 6.45) is 1.61. The van der Waals surface area contributed by atoms with E-state index in [0.717, 1.165) is 6.07 Å². The Morgan fingerprint density at radius 2 is 2.00 bits per heavy atom. The molecule has 0 radical (unpaired) electrons. The molecule has 1 aliphatic heterocycles. The largest absolute Gasteiger partial charge is 0.373 e. The number of hydrogen-bond donors (Lipinski definition) is 1. The molecule has 74 valence electrons. The van der Waals surface area contributed by atoms with E-state index in [1.54, 1.807) is 6.21 Å². The first-order chi connectivity index (χ1) is 6.48. The van der Waals surface area contributed by atoms with Crippen molar-refractivity contribution in [1.29, 1.82) is 0 Å². The van der Waals surface area contributed by atoms with E-state index in [-0.39, 0.29) is 11.2 Å². The fourth-order valence-corrected chi connectivity index (χ4v) is 1.40. The van der Waals surface area contributed by atoms with Crippen LogP contribution >= 0.6 is 0 Å². The van der Waals surface area contributed by atoms with E-state index < -0.39 is 11.6 Å². The maximum absolute atomic E-state index is 13.2. The highest BCUT2D eigenvalue weighted by Crippen LogP contribution is 2.34. The van der Waals surface area contributed by atoms with E-state index in [4.69, 9.17) is 0 Å². The van der Waals surface area contributed by atoms with E-state index in [0.29, 0.717) is 5.69 Å². The average Bonchev–Trinajstić information content (AvgIpc) is 2.00. The van der Waals surface area contributed by atoms with Crippen molar-refractivity contribution in [3.8, 4) is 0 Å². The zero-order valence-corrected chi connectivity index (χ0v) is 7.94. The first-order valence-electron chi connectivity index (χ1n) is 4.30. The van der Waals surface area contributed by atoms with E-state index in [9.17, 15) is 8.78 Å². The highest BCUT2D eigenvalue weighted by Gasteiger charge is 2.23. The molecule has 2 nitrogen and oxygen atoms in total. The maximum Gasteiger partial charge on any atom is 0.153 e. The minimum Gasteiger partial charge on any atom is -0.373 e. The maximum atomic E-state index is 13.2. The summed E-state index contributed by atoms with van der Waals surface area (Å²) in [5.41, 5.74) is 0.202. The molecular weight excluding hydrogens is 186 g/mol. The number of halogens is 2. The second kappa shape index (κ2) is 2.77. The molecule has 0 unspecified atom stereocenters. The molecule has 0 fully saturated rings. The highest BCUT2D eigenvalue weighted by atomic mass is 19.1. The zero-order valence-electron chi connectivity index (χ0n) is 7.94. The third-order valence-corrected chi connectivity index (χ3v) is 2.00. The summed E-state index contributed by atoms with van der Waals surface area (Å²) in [4.78, 5) is 3.96. The van der Waals surface area contributed by atoms with Crippen LogP contribution in [-0.2, 0) is 0 Å². The molecule has 0 saturated carbocycles. The van der Waals surface area contributed by atoms with Crippen molar-refractivity contribution in [2.45, 2.75) is 19.4 Å². The molecule has 0 aromatic heterocycles. The first-order valence-corrected chi connectivity index (χ1v) is 4.30. The predicted octanol–water partition coefficient (Wildman–Crippen LogP) is 2.87. The number of benzene rings is 1.